The van der Waals surface area contributed by atoms with Crippen molar-refractivity contribution in [3.05, 3.63) is 35.7 Å². The fraction of sp³-hybridized carbons (Fsp3) is 0.333. The lowest BCUT2D eigenvalue weighted by Gasteiger charge is -2.01. The summed E-state index contributed by atoms with van der Waals surface area (Å²) < 4.78 is 5.23. The fourth-order valence-corrected chi connectivity index (χ4v) is 3.11. The van der Waals surface area contributed by atoms with Crippen LogP contribution in [-0.4, -0.2) is 15.1 Å². The van der Waals surface area contributed by atoms with Crippen LogP contribution in [-0.2, 0) is 6.42 Å². The summed E-state index contributed by atoms with van der Waals surface area (Å²) in [7, 11) is 0. The molecule has 1 aromatic heterocycles. The highest BCUT2D eigenvalue weighted by atomic mass is 32.2. The van der Waals surface area contributed by atoms with Gasteiger partial charge in [-0.3, -0.25) is 0 Å². The molecule has 0 aliphatic heterocycles. The lowest BCUT2D eigenvalue weighted by atomic mass is 10.1. The third-order valence-corrected chi connectivity index (χ3v) is 4.34. The minimum atomic E-state index is 0.826. The smallest absolute Gasteiger partial charge is 0.170 e. The average molecular weight is 265 g/mol. The Kier molecular flexibility index (Phi) is 4.39. The molecule has 0 bridgehead atoms. The largest absolute Gasteiger partial charge is 0.399 e. The number of hydrogen-bond donors (Lipinski definition) is 1. The molecule has 2 N–H and O–H groups in total. The molecular formula is C12H15N3S2. The van der Waals surface area contributed by atoms with Crippen LogP contribution in [0.5, 0.6) is 0 Å². The van der Waals surface area contributed by atoms with Gasteiger partial charge < -0.3 is 5.73 Å². The first-order valence-corrected chi connectivity index (χ1v) is 7.27. The molecule has 2 rings (SSSR count). The van der Waals surface area contributed by atoms with Gasteiger partial charge in [-0.05, 0) is 49.0 Å². The molecule has 5 heteroatoms. The number of nitrogen functional groups attached to an aromatic ring is 1. The van der Waals surface area contributed by atoms with Crippen LogP contribution in [0.25, 0.3) is 0 Å². The number of nitrogens with zero attached hydrogens (tertiary/aromatic N) is 2. The summed E-state index contributed by atoms with van der Waals surface area (Å²) in [4.78, 5) is 4.32. The minimum Gasteiger partial charge on any atom is -0.399 e. The molecule has 0 saturated carbocycles. The van der Waals surface area contributed by atoms with E-state index >= 15 is 0 Å². The minimum absolute atomic E-state index is 0.826. The van der Waals surface area contributed by atoms with Gasteiger partial charge in [-0.1, -0.05) is 23.9 Å². The molecule has 0 aliphatic rings. The Morgan fingerprint density at radius 2 is 2.06 bits per heavy atom. The van der Waals surface area contributed by atoms with E-state index in [-0.39, 0.29) is 0 Å². The molecular weight excluding hydrogens is 250 g/mol. The molecule has 0 amide bonds. The number of hydrogen-bond acceptors (Lipinski definition) is 5. The summed E-state index contributed by atoms with van der Waals surface area (Å²) in [6, 6.07) is 8.09. The predicted molar refractivity (Wildman–Crippen MR) is 74.5 cm³/mol. The highest BCUT2D eigenvalue weighted by molar-refractivity contribution is 8.00. The molecule has 1 heterocycles. The maximum absolute atomic E-state index is 5.64. The summed E-state index contributed by atoms with van der Waals surface area (Å²) in [6.07, 6.45) is 2.23. The monoisotopic (exact) mass is 265 g/mol. The Bertz CT molecular complexity index is 465. The lowest BCUT2D eigenvalue weighted by molar-refractivity contribution is 0.932. The summed E-state index contributed by atoms with van der Waals surface area (Å²) in [5, 5.41) is 0. The van der Waals surface area contributed by atoms with Gasteiger partial charge in [-0.15, -0.1) is 0 Å². The zero-order chi connectivity index (χ0) is 12.1. The van der Waals surface area contributed by atoms with E-state index in [0.717, 1.165) is 34.4 Å². The molecule has 2 aromatic rings. The number of aromatic nitrogens is 2. The van der Waals surface area contributed by atoms with E-state index in [4.69, 9.17) is 5.73 Å². The number of nitrogens with two attached hydrogens (primary N) is 1. The van der Waals surface area contributed by atoms with Crippen molar-refractivity contribution >= 4 is 29.0 Å². The summed E-state index contributed by atoms with van der Waals surface area (Å²) in [6.45, 7) is 1.93. The number of rotatable bonds is 5. The first-order chi connectivity index (χ1) is 8.24. The second-order valence-corrected chi connectivity index (χ2v) is 5.89. The highest BCUT2D eigenvalue weighted by Crippen LogP contribution is 2.21. The molecule has 0 unspecified atom stereocenters. The van der Waals surface area contributed by atoms with Crippen molar-refractivity contribution in [1.82, 2.24) is 9.36 Å². The Labute approximate surface area is 110 Å². The van der Waals surface area contributed by atoms with Crippen LogP contribution in [0.15, 0.2) is 28.6 Å². The standard InChI is InChI=1S/C12H15N3S2/c1-9-14-12(17-15-9)16-8-2-3-10-4-6-11(13)7-5-10/h4-7H,2-3,8,13H2,1H3. The van der Waals surface area contributed by atoms with Crippen LogP contribution in [0.4, 0.5) is 5.69 Å². The molecule has 0 fully saturated rings. The van der Waals surface area contributed by atoms with E-state index < -0.39 is 0 Å². The van der Waals surface area contributed by atoms with E-state index in [2.05, 4.69) is 21.5 Å². The zero-order valence-electron chi connectivity index (χ0n) is 9.72. The third-order valence-electron chi connectivity index (χ3n) is 2.32. The average Bonchev–Trinajstić information content (AvgIpc) is 2.73. The van der Waals surface area contributed by atoms with Gasteiger partial charge >= 0.3 is 0 Å². The number of thioether (sulfide) groups is 1. The van der Waals surface area contributed by atoms with Crippen LogP contribution in [0.2, 0.25) is 0 Å². The van der Waals surface area contributed by atoms with Crippen molar-refractivity contribution in [2.45, 2.75) is 24.1 Å². The lowest BCUT2D eigenvalue weighted by Crippen LogP contribution is -1.89. The molecule has 0 spiro atoms. The van der Waals surface area contributed by atoms with Gasteiger partial charge in [0.25, 0.3) is 0 Å². The SMILES string of the molecule is Cc1nsc(SCCCc2ccc(N)cc2)n1. The fourth-order valence-electron chi connectivity index (χ4n) is 1.46. The maximum atomic E-state index is 5.64. The molecule has 17 heavy (non-hydrogen) atoms. The van der Waals surface area contributed by atoms with Crippen molar-refractivity contribution in [3.63, 3.8) is 0 Å². The van der Waals surface area contributed by atoms with E-state index in [1.807, 2.05) is 19.1 Å². The van der Waals surface area contributed by atoms with E-state index in [1.165, 1.54) is 17.1 Å². The van der Waals surface area contributed by atoms with Crippen molar-refractivity contribution < 1.29 is 0 Å². The van der Waals surface area contributed by atoms with E-state index in [1.54, 1.807) is 11.8 Å². The normalized spacial score (nSPS) is 10.6. The van der Waals surface area contributed by atoms with Crippen LogP contribution in [0.1, 0.15) is 17.8 Å². The van der Waals surface area contributed by atoms with Gasteiger partial charge in [0.2, 0.25) is 0 Å². The highest BCUT2D eigenvalue weighted by Gasteiger charge is 2.00. The van der Waals surface area contributed by atoms with Gasteiger partial charge in [-0.25, -0.2) is 4.98 Å². The van der Waals surface area contributed by atoms with Crippen LogP contribution < -0.4 is 5.73 Å². The summed E-state index contributed by atoms with van der Waals surface area (Å²) >= 11 is 3.27. The van der Waals surface area contributed by atoms with Crippen LogP contribution in [0, 0.1) is 6.92 Å². The van der Waals surface area contributed by atoms with Crippen molar-refractivity contribution in [1.29, 1.82) is 0 Å². The van der Waals surface area contributed by atoms with Crippen molar-refractivity contribution in [2.24, 2.45) is 0 Å². The molecule has 3 nitrogen and oxygen atoms in total. The van der Waals surface area contributed by atoms with Crippen LogP contribution >= 0.6 is 23.3 Å². The van der Waals surface area contributed by atoms with Gasteiger partial charge in [0.15, 0.2) is 4.34 Å². The number of anilines is 1. The Morgan fingerprint density at radius 3 is 2.71 bits per heavy atom. The van der Waals surface area contributed by atoms with Gasteiger partial charge in [0, 0.05) is 11.4 Å². The third kappa shape index (κ3) is 4.02. The molecule has 0 radical (unpaired) electrons. The van der Waals surface area contributed by atoms with Crippen LogP contribution in [0.3, 0.4) is 0 Å². The molecule has 0 saturated heterocycles. The second-order valence-electron chi connectivity index (χ2n) is 3.80. The van der Waals surface area contributed by atoms with Gasteiger partial charge in [0.1, 0.15) is 5.82 Å². The quantitative estimate of drug-likeness (QED) is 0.512. The van der Waals surface area contributed by atoms with Gasteiger partial charge in [-0.2, -0.15) is 4.37 Å². The first-order valence-electron chi connectivity index (χ1n) is 5.51. The molecule has 0 aliphatic carbocycles. The van der Waals surface area contributed by atoms with Crippen molar-refractivity contribution in [3.8, 4) is 0 Å². The van der Waals surface area contributed by atoms with Crippen molar-refractivity contribution in [2.75, 3.05) is 11.5 Å². The van der Waals surface area contributed by atoms with Gasteiger partial charge in [0.05, 0.1) is 0 Å². The van der Waals surface area contributed by atoms with E-state index in [9.17, 15) is 0 Å². The first kappa shape index (κ1) is 12.4. The topological polar surface area (TPSA) is 51.8 Å². The predicted octanol–water partition coefficient (Wildman–Crippen LogP) is 3.15. The maximum Gasteiger partial charge on any atom is 0.170 e. The number of aryl methyl sites for hydroxylation is 2. The molecule has 1 aromatic carbocycles. The second kappa shape index (κ2) is 6.02. The summed E-state index contributed by atoms with van der Waals surface area (Å²) in [5.41, 5.74) is 7.81. The molecule has 90 valence electrons. The number of benzene rings is 1. The Balaban J connectivity index is 1.71. The zero-order valence-corrected chi connectivity index (χ0v) is 11.4. The van der Waals surface area contributed by atoms with E-state index in [0.29, 0.717) is 0 Å². The molecule has 0 atom stereocenters. The Hall–Kier alpha value is -1.07. The Morgan fingerprint density at radius 1 is 1.29 bits per heavy atom. The summed E-state index contributed by atoms with van der Waals surface area (Å²) in [5.74, 6) is 1.95.